The molecule has 34 heavy (non-hydrogen) atoms. The smallest absolute Gasteiger partial charge is 0.306 e. The Kier molecular flexibility index (Phi) is 5.52. The number of nitriles is 1. The largest absolute Gasteiger partial charge is 0.481 e. The summed E-state index contributed by atoms with van der Waals surface area (Å²) < 4.78 is 2.50. The number of carboxylic acid groups (broad SMARTS) is 1. The van der Waals surface area contributed by atoms with Crippen LogP contribution in [0.5, 0.6) is 0 Å². The Hall–Kier alpha value is -3.80. The summed E-state index contributed by atoms with van der Waals surface area (Å²) in [6.45, 7) is 3.77. The van der Waals surface area contributed by atoms with Gasteiger partial charge in [0.1, 0.15) is 16.9 Å². The van der Waals surface area contributed by atoms with Gasteiger partial charge in [0.2, 0.25) is 0 Å². The second kappa shape index (κ2) is 8.52. The third kappa shape index (κ3) is 3.69. The van der Waals surface area contributed by atoms with Gasteiger partial charge in [0.15, 0.2) is 5.82 Å². The molecular formula is C25H18ClN5O2S. The van der Waals surface area contributed by atoms with Crippen LogP contribution in [-0.2, 0) is 4.79 Å². The number of rotatable bonds is 4. The number of aryl methyl sites for hydroxylation is 1. The van der Waals surface area contributed by atoms with E-state index in [0.717, 1.165) is 32.8 Å². The summed E-state index contributed by atoms with van der Waals surface area (Å²) in [5, 5.41) is 28.0. The first-order chi connectivity index (χ1) is 16.4. The van der Waals surface area contributed by atoms with Crippen LogP contribution in [0.1, 0.15) is 46.4 Å². The van der Waals surface area contributed by atoms with Crippen LogP contribution in [0.25, 0.3) is 16.1 Å². The van der Waals surface area contributed by atoms with Crippen molar-refractivity contribution in [2.24, 2.45) is 4.99 Å². The van der Waals surface area contributed by atoms with Crippen molar-refractivity contribution in [1.29, 1.82) is 5.26 Å². The lowest BCUT2D eigenvalue weighted by Crippen LogP contribution is -2.10. The van der Waals surface area contributed by atoms with E-state index in [1.165, 1.54) is 11.3 Å². The molecule has 0 saturated carbocycles. The molecule has 0 spiro atoms. The number of carbonyl (C=O) groups is 1. The standard InChI is InChI=1S/C25H18ClN5O2S/c1-13-21-22(17-8-6-16(7-9-17)18-5-3-4-15(10-18)12-27)28-19(11-20(32)33)24-30-29-14(2)31(24)25(21)34-23(13)26/h3-10,19H,11H2,1-2H3,(H,32,33)/t19-/m0/s1. The van der Waals surface area contributed by atoms with Gasteiger partial charge in [-0.3, -0.25) is 14.4 Å². The molecule has 5 rings (SSSR count). The summed E-state index contributed by atoms with van der Waals surface area (Å²) >= 11 is 7.96. The number of hydrogen-bond donors (Lipinski definition) is 1. The van der Waals surface area contributed by atoms with Gasteiger partial charge in [-0.15, -0.1) is 21.5 Å². The number of thiophene rings is 1. The SMILES string of the molecule is Cc1c(Cl)sc2c1C(c1ccc(-c3cccc(C#N)c3)cc1)=N[C@@H](CC(=O)O)c1nnc(C)n1-2. The monoisotopic (exact) mass is 487 g/mol. The molecule has 0 fully saturated rings. The van der Waals surface area contributed by atoms with Crippen molar-refractivity contribution in [3.63, 3.8) is 0 Å². The number of nitrogens with zero attached hydrogens (tertiary/aromatic N) is 5. The van der Waals surface area contributed by atoms with Crippen molar-refractivity contribution >= 4 is 34.6 Å². The minimum atomic E-state index is -0.965. The van der Waals surface area contributed by atoms with Gasteiger partial charge in [-0.2, -0.15) is 5.26 Å². The topological polar surface area (TPSA) is 104 Å². The molecule has 9 heteroatoms. The molecule has 1 aliphatic heterocycles. The van der Waals surface area contributed by atoms with Gasteiger partial charge in [-0.05, 0) is 42.7 Å². The molecule has 168 valence electrons. The van der Waals surface area contributed by atoms with E-state index in [2.05, 4.69) is 16.3 Å². The van der Waals surface area contributed by atoms with Gasteiger partial charge < -0.3 is 5.11 Å². The summed E-state index contributed by atoms with van der Waals surface area (Å²) in [5.41, 5.74) is 5.74. The molecule has 0 bridgehead atoms. The Morgan fingerprint density at radius 2 is 1.88 bits per heavy atom. The van der Waals surface area contributed by atoms with Crippen molar-refractivity contribution in [1.82, 2.24) is 14.8 Å². The van der Waals surface area contributed by atoms with Crippen molar-refractivity contribution in [3.8, 4) is 22.2 Å². The van der Waals surface area contributed by atoms with Crippen LogP contribution in [0.2, 0.25) is 4.34 Å². The zero-order valence-electron chi connectivity index (χ0n) is 18.3. The van der Waals surface area contributed by atoms with Crippen molar-refractivity contribution < 1.29 is 9.90 Å². The van der Waals surface area contributed by atoms with Gasteiger partial charge >= 0.3 is 5.97 Å². The van der Waals surface area contributed by atoms with E-state index in [1.807, 2.05) is 60.9 Å². The average Bonchev–Trinajstić information content (AvgIpc) is 3.31. The molecular weight excluding hydrogens is 470 g/mol. The van der Waals surface area contributed by atoms with E-state index in [1.54, 1.807) is 6.07 Å². The summed E-state index contributed by atoms with van der Waals surface area (Å²) in [6, 6.07) is 16.8. The number of halogens is 1. The molecule has 1 atom stereocenters. The van der Waals surface area contributed by atoms with Crippen LogP contribution in [0.4, 0.5) is 0 Å². The fourth-order valence-electron chi connectivity index (χ4n) is 4.14. The molecule has 4 aromatic rings. The summed E-state index contributed by atoms with van der Waals surface area (Å²) in [7, 11) is 0. The number of carboxylic acids is 1. The normalized spacial score (nSPS) is 14.5. The molecule has 2 aromatic carbocycles. The first-order valence-electron chi connectivity index (χ1n) is 10.5. The van der Waals surface area contributed by atoms with Crippen LogP contribution in [0, 0.1) is 25.2 Å². The quantitative estimate of drug-likeness (QED) is 0.409. The molecule has 0 saturated heterocycles. The highest BCUT2D eigenvalue weighted by Gasteiger charge is 2.32. The summed E-state index contributed by atoms with van der Waals surface area (Å²) in [4.78, 5) is 16.6. The van der Waals surface area contributed by atoms with E-state index >= 15 is 0 Å². The Labute approximate surface area is 204 Å². The first-order valence-corrected chi connectivity index (χ1v) is 11.7. The highest BCUT2D eigenvalue weighted by molar-refractivity contribution is 7.19. The highest BCUT2D eigenvalue weighted by atomic mass is 35.5. The zero-order valence-corrected chi connectivity index (χ0v) is 19.9. The molecule has 1 N–H and O–H groups in total. The van der Waals surface area contributed by atoms with Gasteiger partial charge in [0, 0.05) is 11.1 Å². The maximum atomic E-state index is 11.7. The maximum Gasteiger partial charge on any atom is 0.306 e. The second-order valence-electron chi connectivity index (χ2n) is 7.98. The average molecular weight is 488 g/mol. The van der Waals surface area contributed by atoms with E-state index in [0.29, 0.717) is 27.3 Å². The maximum absolute atomic E-state index is 11.7. The Balaban J connectivity index is 1.67. The van der Waals surface area contributed by atoms with Crippen LogP contribution in [0.3, 0.4) is 0 Å². The lowest BCUT2D eigenvalue weighted by Gasteiger charge is -2.11. The minimum absolute atomic E-state index is 0.206. The van der Waals surface area contributed by atoms with Gasteiger partial charge in [-0.25, -0.2) is 0 Å². The molecule has 7 nitrogen and oxygen atoms in total. The molecule has 0 aliphatic carbocycles. The Morgan fingerprint density at radius 1 is 1.15 bits per heavy atom. The molecule has 0 amide bonds. The zero-order chi connectivity index (χ0) is 24.0. The number of fused-ring (bicyclic) bond motifs is 3. The van der Waals surface area contributed by atoms with Crippen molar-refractivity contribution in [3.05, 3.63) is 86.8 Å². The minimum Gasteiger partial charge on any atom is -0.481 e. The van der Waals surface area contributed by atoms with Crippen LogP contribution < -0.4 is 0 Å². The number of aliphatic imine (C=N–C) groups is 1. The number of hydrogen-bond acceptors (Lipinski definition) is 6. The van der Waals surface area contributed by atoms with E-state index in [9.17, 15) is 15.2 Å². The Morgan fingerprint density at radius 3 is 2.59 bits per heavy atom. The number of benzene rings is 2. The van der Waals surface area contributed by atoms with Crippen LogP contribution >= 0.6 is 22.9 Å². The fraction of sp³-hybridized carbons (Fsp3) is 0.160. The molecule has 1 aliphatic rings. The van der Waals surface area contributed by atoms with Crippen molar-refractivity contribution in [2.75, 3.05) is 0 Å². The molecule has 0 unspecified atom stereocenters. The Bertz CT molecular complexity index is 1510. The van der Waals surface area contributed by atoms with E-state index < -0.39 is 12.0 Å². The van der Waals surface area contributed by atoms with Gasteiger partial charge in [-0.1, -0.05) is 48.0 Å². The van der Waals surface area contributed by atoms with Crippen LogP contribution in [-0.4, -0.2) is 31.6 Å². The van der Waals surface area contributed by atoms with E-state index in [4.69, 9.17) is 16.6 Å². The number of aromatic nitrogens is 3. The summed E-state index contributed by atoms with van der Waals surface area (Å²) in [5.74, 6) is 0.167. The highest BCUT2D eigenvalue weighted by Crippen LogP contribution is 2.41. The first kappa shape index (κ1) is 22.0. The third-order valence-electron chi connectivity index (χ3n) is 5.79. The molecule has 3 heterocycles. The second-order valence-corrected chi connectivity index (χ2v) is 9.58. The predicted octanol–water partition coefficient (Wildman–Crippen LogP) is 5.50. The fourth-order valence-corrected chi connectivity index (χ4v) is 5.55. The van der Waals surface area contributed by atoms with E-state index in [-0.39, 0.29) is 6.42 Å². The van der Waals surface area contributed by atoms with Gasteiger partial charge in [0.25, 0.3) is 0 Å². The lowest BCUT2D eigenvalue weighted by atomic mass is 9.97. The van der Waals surface area contributed by atoms with Gasteiger partial charge in [0.05, 0.1) is 28.1 Å². The molecule has 2 aromatic heterocycles. The third-order valence-corrected chi connectivity index (χ3v) is 7.37. The predicted molar refractivity (Wildman–Crippen MR) is 131 cm³/mol. The van der Waals surface area contributed by atoms with Crippen LogP contribution in [0.15, 0.2) is 53.5 Å². The summed E-state index contributed by atoms with van der Waals surface area (Å²) in [6.07, 6.45) is -0.206. The molecule has 0 radical (unpaired) electrons. The lowest BCUT2D eigenvalue weighted by molar-refractivity contribution is -0.137. The van der Waals surface area contributed by atoms with Crippen molar-refractivity contribution in [2.45, 2.75) is 26.3 Å². The number of aliphatic carboxylic acids is 1.